The Morgan fingerprint density at radius 2 is 2.13 bits per heavy atom. The van der Waals surface area contributed by atoms with Crippen LogP contribution in [0.1, 0.15) is 48.7 Å². The van der Waals surface area contributed by atoms with Crippen LogP contribution >= 0.6 is 11.8 Å². The van der Waals surface area contributed by atoms with E-state index < -0.39 is 11.6 Å². The summed E-state index contributed by atoms with van der Waals surface area (Å²) in [5, 5.41) is 6.41. The maximum absolute atomic E-state index is 12.2. The average molecular weight is 337 g/mol. The van der Waals surface area contributed by atoms with E-state index in [1.807, 2.05) is 27.0 Å². The number of hydrogen-bond acceptors (Lipinski definition) is 7. The summed E-state index contributed by atoms with van der Waals surface area (Å²) in [5.41, 5.74) is -0.149. The lowest BCUT2D eigenvalue weighted by molar-refractivity contribution is 0.0940. The van der Waals surface area contributed by atoms with Crippen molar-refractivity contribution in [3.63, 3.8) is 0 Å². The number of H-pyrrole nitrogens is 1. The fraction of sp³-hybridized carbons (Fsp3) is 0.500. The Morgan fingerprint density at radius 1 is 1.39 bits per heavy atom. The van der Waals surface area contributed by atoms with Crippen molar-refractivity contribution in [1.29, 1.82) is 0 Å². The third-order valence-electron chi connectivity index (χ3n) is 2.97. The van der Waals surface area contributed by atoms with Crippen LogP contribution < -0.4 is 11.0 Å². The van der Waals surface area contributed by atoms with Gasteiger partial charge in [0.25, 0.3) is 5.91 Å². The van der Waals surface area contributed by atoms with Gasteiger partial charge in [-0.25, -0.2) is 4.79 Å². The predicted octanol–water partition coefficient (Wildman–Crippen LogP) is 1.24. The van der Waals surface area contributed by atoms with Crippen molar-refractivity contribution in [2.24, 2.45) is 0 Å². The minimum absolute atomic E-state index is 0.0579. The molecule has 0 fully saturated rings. The highest BCUT2D eigenvalue weighted by molar-refractivity contribution is 7.97. The molecule has 0 spiro atoms. The quantitative estimate of drug-likeness (QED) is 0.843. The zero-order valence-corrected chi connectivity index (χ0v) is 14.3. The van der Waals surface area contributed by atoms with E-state index >= 15 is 0 Å². The molecule has 0 aliphatic heterocycles. The Morgan fingerprint density at radius 3 is 2.78 bits per heavy atom. The van der Waals surface area contributed by atoms with Gasteiger partial charge in [-0.05, 0) is 12.3 Å². The molecule has 0 aromatic carbocycles. The van der Waals surface area contributed by atoms with Gasteiger partial charge in [-0.1, -0.05) is 25.9 Å². The van der Waals surface area contributed by atoms with Crippen molar-refractivity contribution >= 4 is 17.7 Å². The van der Waals surface area contributed by atoms with Gasteiger partial charge in [0.05, 0.1) is 12.3 Å². The van der Waals surface area contributed by atoms with Gasteiger partial charge in [0, 0.05) is 11.1 Å². The maximum Gasteiger partial charge on any atom is 0.345 e. The number of nitrogens with one attached hydrogen (secondary N) is 2. The molecule has 9 heteroatoms. The summed E-state index contributed by atoms with van der Waals surface area (Å²) < 4.78 is 5.03. The number of aromatic nitrogens is 4. The molecule has 2 aromatic rings. The molecule has 0 atom stereocenters. The lowest BCUT2D eigenvalue weighted by Gasteiger charge is -2.18. The first-order valence-electron chi connectivity index (χ1n) is 7.00. The molecular formula is C14H19N5O3S. The van der Waals surface area contributed by atoms with Crippen LogP contribution in [0, 0.1) is 0 Å². The molecule has 0 bridgehead atoms. The molecule has 2 rings (SSSR count). The molecule has 0 unspecified atom stereocenters. The van der Waals surface area contributed by atoms with Gasteiger partial charge in [-0.2, -0.15) is 21.7 Å². The van der Waals surface area contributed by atoms with E-state index in [9.17, 15) is 9.59 Å². The van der Waals surface area contributed by atoms with Gasteiger partial charge in [0.2, 0.25) is 5.89 Å². The van der Waals surface area contributed by atoms with E-state index in [-0.39, 0.29) is 17.7 Å². The fourth-order valence-corrected chi connectivity index (χ4v) is 2.15. The Balaban J connectivity index is 2.08. The molecule has 2 aromatic heterocycles. The summed E-state index contributed by atoms with van der Waals surface area (Å²) in [6.45, 7) is 5.89. The molecular weight excluding hydrogens is 318 g/mol. The number of aromatic amines is 1. The van der Waals surface area contributed by atoms with Crippen LogP contribution in [0.4, 0.5) is 0 Å². The van der Waals surface area contributed by atoms with Gasteiger partial charge < -0.3 is 14.8 Å². The van der Waals surface area contributed by atoms with Gasteiger partial charge in [0.1, 0.15) is 5.69 Å². The highest BCUT2D eigenvalue weighted by Crippen LogP contribution is 2.18. The summed E-state index contributed by atoms with van der Waals surface area (Å²) in [6.07, 6.45) is 1.93. The van der Waals surface area contributed by atoms with Crippen LogP contribution in [0.25, 0.3) is 0 Å². The van der Waals surface area contributed by atoms with E-state index in [4.69, 9.17) is 4.52 Å². The van der Waals surface area contributed by atoms with Crippen LogP contribution in [-0.4, -0.2) is 32.3 Å². The molecule has 2 heterocycles. The van der Waals surface area contributed by atoms with Crippen molar-refractivity contribution in [2.45, 2.75) is 38.5 Å². The highest BCUT2D eigenvalue weighted by atomic mass is 32.2. The first-order valence-corrected chi connectivity index (χ1v) is 8.39. The molecule has 2 N–H and O–H groups in total. The Hall–Kier alpha value is -2.16. The zero-order chi connectivity index (χ0) is 17.0. The van der Waals surface area contributed by atoms with Gasteiger partial charge in [0.15, 0.2) is 5.82 Å². The number of carbonyl (C=O) groups excluding carboxylic acids is 1. The number of amides is 1. The molecule has 0 aliphatic rings. The molecule has 0 saturated carbocycles. The lowest BCUT2D eigenvalue weighted by Crippen LogP contribution is -2.29. The van der Waals surface area contributed by atoms with E-state index in [0.717, 1.165) is 0 Å². The number of carbonyl (C=O) groups is 1. The third kappa shape index (κ3) is 4.65. The number of nitrogens with zero attached hydrogens (tertiary/aromatic N) is 3. The van der Waals surface area contributed by atoms with Crippen LogP contribution in [0.2, 0.25) is 0 Å². The van der Waals surface area contributed by atoms with Crippen molar-refractivity contribution in [3.8, 4) is 0 Å². The van der Waals surface area contributed by atoms with Crippen LogP contribution in [0.5, 0.6) is 0 Å². The lowest BCUT2D eigenvalue weighted by atomic mass is 9.91. The summed E-state index contributed by atoms with van der Waals surface area (Å²) in [6, 6.07) is 1.57. The van der Waals surface area contributed by atoms with Crippen LogP contribution in [0.3, 0.4) is 0 Å². The molecule has 124 valence electrons. The van der Waals surface area contributed by atoms with E-state index in [2.05, 4.69) is 25.4 Å². The Bertz CT molecular complexity index is 747. The standard InChI is InChI=1S/C14H19N5O3S/c1-14(2,3)9-5-8(16-13(21)17-9)12(20)15-6-11-18-10(7-23-4)19-22-11/h5H,6-7H2,1-4H3,(H,15,20)(H,16,17,21). The topological polar surface area (TPSA) is 114 Å². The monoisotopic (exact) mass is 337 g/mol. The second kappa shape index (κ2) is 6.95. The van der Waals surface area contributed by atoms with Gasteiger partial charge >= 0.3 is 5.69 Å². The average Bonchev–Trinajstić information content (AvgIpc) is 2.91. The van der Waals surface area contributed by atoms with Crippen molar-refractivity contribution in [2.75, 3.05) is 6.26 Å². The predicted molar refractivity (Wildman–Crippen MR) is 86.2 cm³/mol. The normalized spacial score (nSPS) is 11.5. The first kappa shape index (κ1) is 17.2. The summed E-state index contributed by atoms with van der Waals surface area (Å²) in [5.74, 6) is 1.06. The first-order chi connectivity index (χ1) is 10.8. The van der Waals surface area contributed by atoms with E-state index in [0.29, 0.717) is 23.2 Å². The molecule has 0 saturated heterocycles. The minimum atomic E-state index is -0.553. The minimum Gasteiger partial charge on any atom is -0.342 e. The smallest absolute Gasteiger partial charge is 0.342 e. The molecule has 8 nitrogen and oxygen atoms in total. The van der Waals surface area contributed by atoms with Gasteiger partial charge in [-0.3, -0.25) is 4.79 Å². The van der Waals surface area contributed by atoms with Crippen molar-refractivity contribution in [1.82, 2.24) is 25.4 Å². The SMILES string of the molecule is CSCc1noc(CNC(=O)c2cc(C(C)(C)C)[nH]c(=O)n2)n1. The Labute approximate surface area is 137 Å². The third-order valence-corrected chi connectivity index (χ3v) is 3.52. The van der Waals surface area contributed by atoms with Gasteiger partial charge in [-0.15, -0.1) is 0 Å². The summed E-state index contributed by atoms with van der Waals surface area (Å²) in [4.78, 5) is 34.3. The van der Waals surface area contributed by atoms with Crippen molar-refractivity contribution in [3.05, 3.63) is 39.7 Å². The second-order valence-electron chi connectivity index (χ2n) is 5.96. The molecule has 23 heavy (non-hydrogen) atoms. The number of thioether (sulfide) groups is 1. The molecule has 0 radical (unpaired) electrons. The number of rotatable bonds is 5. The summed E-state index contributed by atoms with van der Waals surface area (Å²) in [7, 11) is 0. The second-order valence-corrected chi connectivity index (χ2v) is 6.82. The van der Waals surface area contributed by atoms with E-state index in [1.165, 1.54) is 0 Å². The van der Waals surface area contributed by atoms with Crippen LogP contribution in [-0.2, 0) is 17.7 Å². The van der Waals surface area contributed by atoms with Crippen molar-refractivity contribution < 1.29 is 9.32 Å². The van der Waals surface area contributed by atoms with E-state index in [1.54, 1.807) is 17.8 Å². The summed E-state index contributed by atoms with van der Waals surface area (Å²) >= 11 is 1.57. The number of hydrogen-bond donors (Lipinski definition) is 2. The zero-order valence-electron chi connectivity index (χ0n) is 13.5. The Kier molecular flexibility index (Phi) is 5.19. The molecule has 1 amide bonds. The maximum atomic E-state index is 12.2. The fourth-order valence-electron chi connectivity index (χ4n) is 1.77. The van der Waals surface area contributed by atoms with Crippen LogP contribution in [0.15, 0.2) is 15.4 Å². The molecule has 0 aliphatic carbocycles. The largest absolute Gasteiger partial charge is 0.345 e. The highest BCUT2D eigenvalue weighted by Gasteiger charge is 2.19.